The monoisotopic (exact) mass is 270 g/mol. The zero-order valence-electron chi connectivity index (χ0n) is 12.3. The summed E-state index contributed by atoms with van der Waals surface area (Å²) in [5, 5.41) is 2.90. The first-order valence-corrected chi connectivity index (χ1v) is 7.28. The third-order valence-electron chi connectivity index (χ3n) is 3.55. The summed E-state index contributed by atoms with van der Waals surface area (Å²) in [7, 11) is 0. The van der Waals surface area contributed by atoms with Crippen molar-refractivity contribution in [3.63, 3.8) is 0 Å². The lowest BCUT2D eigenvalue weighted by atomic mass is 9.97. The molecule has 0 aliphatic carbocycles. The van der Waals surface area contributed by atoms with Crippen LogP contribution in [0, 0.1) is 5.92 Å². The molecule has 0 aromatic heterocycles. The Labute approximate surface area is 115 Å². The Morgan fingerprint density at radius 3 is 2.79 bits per heavy atom. The highest BCUT2D eigenvalue weighted by atomic mass is 16.5. The lowest BCUT2D eigenvalue weighted by Gasteiger charge is -2.35. The van der Waals surface area contributed by atoms with Crippen molar-refractivity contribution in [2.75, 3.05) is 26.2 Å². The van der Waals surface area contributed by atoms with Gasteiger partial charge in [0.25, 0.3) is 0 Å². The summed E-state index contributed by atoms with van der Waals surface area (Å²) in [4.78, 5) is 25.8. The van der Waals surface area contributed by atoms with Crippen LogP contribution in [0.15, 0.2) is 0 Å². The molecule has 5 nitrogen and oxygen atoms in total. The molecule has 0 bridgehead atoms. The van der Waals surface area contributed by atoms with Crippen molar-refractivity contribution in [3.05, 3.63) is 0 Å². The number of hydrogen-bond acceptors (Lipinski definition) is 4. The molecule has 1 amide bonds. The summed E-state index contributed by atoms with van der Waals surface area (Å²) in [5.41, 5.74) is 0. The van der Waals surface area contributed by atoms with Crippen molar-refractivity contribution in [2.24, 2.45) is 5.92 Å². The van der Waals surface area contributed by atoms with Crippen LogP contribution < -0.4 is 5.32 Å². The summed E-state index contributed by atoms with van der Waals surface area (Å²) in [6.45, 7) is 8.37. The van der Waals surface area contributed by atoms with Crippen molar-refractivity contribution >= 4 is 11.9 Å². The van der Waals surface area contributed by atoms with E-state index in [1.165, 1.54) is 0 Å². The maximum absolute atomic E-state index is 11.9. The van der Waals surface area contributed by atoms with E-state index in [4.69, 9.17) is 4.74 Å². The fourth-order valence-electron chi connectivity index (χ4n) is 2.37. The molecular weight excluding hydrogens is 244 g/mol. The predicted molar refractivity (Wildman–Crippen MR) is 73.7 cm³/mol. The molecule has 0 aromatic carbocycles. The van der Waals surface area contributed by atoms with Crippen molar-refractivity contribution in [3.8, 4) is 0 Å². The van der Waals surface area contributed by atoms with Gasteiger partial charge in [-0.3, -0.25) is 14.5 Å². The van der Waals surface area contributed by atoms with E-state index in [0.717, 1.165) is 25.8 Å². The van der Waals surface area contributed by atoms with Gasteiger partial charge in [0, 0.05) is 13.1 Å². The number of amides is 1. The fraction of sp³-hybridized carbons (Fsp3) is 0.857. The number of ether oxygens (including phenoxy) is 1. The van der Waals surface area contributed by atoms with Gasteiger partial charge in [-0.25, -0.2) is 0 Å². The first-order chi connectivity index (χ1) is 9.10. The zero-order valence-corrected chi connectivity index (χ0v) is 12.3. The highest BCUT2D eigenvalue weighted by molar-refractivity contribution is 5.81. The van der Waals surface area contributed by atoms with Crippen LogP contribution in [0.25, 0.3) is 0 Å². The Hall–Kier alpha value is -1.10. The fourth-order valence-corrected chi connectivity index (χ4v) is 2.37. The van der Waals surface area contributed by atoms with Crippen LogP contribution >= 0.6 is 0 Å². The van der Waals surface area contributed by atoms with Gasteiger partial charge < -0.3 is 10.1 Å². The van der Waals surface area contributed by atoms with Crippen molar-refractivity contribution in [1.29, 1.82) is 0 Å². The van der Waals surface area contributed by atoms with Crippen LogP contribution in [0.1, 0.15) is 40.0 Å². The molecule has 1 aliphatic rings. The molecule has 1 unspecified atom stereocenters. The van der Waals surface area contributed by atoms with Crippen LogP contribution in [0.4, 0.5) is 0 Å². The summed E-state index contributed by atoms with van der Waals surface area (Å²) in [5.74, 6) is -0.171. The van der Waals surface area contributed by atoms with Gasteiger partial charge in [-0.05, 0) is 39.7 Å². The first-order valence-electron chi connectivity index (χ1n) is 7.28. The van der Waals surface area contributed by atoms with E-state index in [9.17, 15) is 9.59 Å². The van der Waals surface area contributed by atoms with Crippen LogP contribution in [0.2, 0.25) is 0 Å². The van der Waals surface area contributed by atoms with Crippen LogP contribution in [0.3, 0.4) is 0 Å². The number of rotatable bonds is 6. The van der Waals surface area contributed by atoms with Gasteiger partial charge in [-0.15, -0.1) is 0 Å². The van der Waals surface area contributed by atoms with Gasteiger partial charge >= 0.3 is 5.97 Å². The second-order valence-corrected chi connectivity index (χ2v) is 5.05. The second kappa shape index (κ2) is 8.15. The van der Waals surface area contributed by atoms with Gasteiger partial charge in [0.15, 0.2) is 0 Å². The van der Waals surface area contributed by atoms with Gasteiger partial charge in [0.1, 0.15) is 0 Å². The molecule has 1 saturated heterocycles. The molecule has 19 heavy (non-hydrogen) atoms. The quantitative estimate of drug-likeness (QED) is 0.736. The molecule has 1 aliphatic heterocycles. The van der Waals surface area contributed by atoms with Crippen LogP contribution in [-0.2, 0) is 14.3 Å². The standard InChI is InChI=1S/C14H26N2O3/c1-4-8-15-13(17)11(3)16-9-6-7-12(10-16)14(18)19-5-2/h11-12H,4-10H2,1-3H3,(H,15,17)/t11?,12-/m1/s1. The summed E-state index contributed by atoms with van der Waals surface area (Å²) in [6.07, 6.45) is 2.73. The zero-order chi connectivity index (χ0) is 14.3. The van der Waals surface area contributed by atoms with E-state index in [1.54, 1.807) is 0 Å². The third kappa shape index (κ3) is 4.82. The molecule has 0 aromatic rings. The highest BCUT2D eigenvalue weighted by Crippen LogP contribution is 2.19. The number of nitrogens with one attached hydrogen (secondary N) is 1. The maximum Gasteiger partial charge on any atom is 0.310 e. The van der Waals surface area contributed by atoms with Gasteiger partial charge in [-0.1, -0.05) is 6.92 Å². The molecule has 1 N–H and O–H groups in total. The van der Waals surface area contributed by atoms with E-state index < -0.39 is 0 Å². The smallest absolute Gasteiger partial charge is 0.310 e. The Kier molecular flexibility index (Phi) is 6.84. The second-order valence-electron chi connectivity index (χ2n) is 5.05. The first kappa shape index (κ1) is 16.0. The van der Waals surface area contributed by atoms with Gasteiger partial charge in [0.2, 0.25) is 5.91 Å². The molecular formula is C14H26N2O3. The third-order valence-corrected chi connectivity index (χ3v) is 3.55. The predicted octanol–water partition coefficient (Wildman–Crippen LogP) is 1.18. The maximum atomic E-state index is 11.9. The largest absolute Gasteiger partial charge is 0.466 e. The number of carbonyl (C=O) groups is 2. The molecule has 0 spiro atoms. The number of likely N-dealkylation sites (tertiary alicyclic amines) is 1. The summed E-state index contributed by atoms with van der Waals surface area (Å²) >= 11 is 0. The minimum Gasteiger partial charge on any atom is -0.466 e. The summed E-state index contributed by atoms with van der Waals surface area (Å²) < 4.78 is 5.07. The number of piperidine rings is 1. The molecule has 1 heterocycles. The van der Waals surface area contributed by atoms with Gasteiger partial charge in [-0.2, -0.15) is 0 Å². The van der Waals surface area contributed by atoms with E-state index in [-0.39, 0.29) is 23.8 Å². The van der Waals surface area contributed by atoms with Crippen LogP contribution in [0.5, 0.6) is 0 Å². The van der Waals surface area contributed by atoms with Crippen molar-refractivity contribution in [1.82, 2.24) is 10.2 Å². The normalized spacial score (nSPS) is 21.7. The van der Waals surface area contributed by atoms with Crippen LogP contribution in [-0.4, -0.2) is 49.1 Å². The number of carbonyl (C=O) groups excluding carboxylic acids is 2. The molecule has 0 saturated carbocycles. The molecule has 0 radical (unpaired) electrons. The summed E-state index contributed by atoms with van der Waals surface area (Å²) in [6, 6.07) is -0.177. The average molecular weight is 270 g/mol. The van der Waals surface area contributed by atoms with Crippen molar-refractivity contribution in [2.45, 2.75) is 46.1 Å². The van der Waals surface area contributed by atoms with E-state index in [2.05, 4.69) is 10.2 Å². The molecule has 1 fully saturated rings. The highest BCUT2D eigenvalue weighted by Gasteiger charge is 2.31. The Morgan fingerprint density at radius 1 is 1.42 bits per heavy atom. The minimum absolute atomic E-state index is 0.0476. The molecule has 2 atom stereocenters. The minimum atomic E-state index is -0.177. The topological polar surface area (TPSA) is 58.6 Å². The van der Waals surface area contributed by atoms with E-state index >= 15 is 0 Å². The van der Waals surface area contributed by atoms with Crippen molar-refractivity contribution < 1.29 is 14.3 Å². The van der Waals surface area contributed by atoms with E-state index in [1.807, 2.05) is 20.8 Å². The molecule has 5 heteroatoms. The van der Waals surface area contributed by atoms with E-state index in [0.29, 0.717) is 19.7 Å². The lowest BCUT2D eigenvalue weighted by molar-refractivity contribution is -0.151. The Balaban J connectivity index is 2.49. The Bertz CT molecular complexity index is 307. The SMILES string of the molecule is CCCNC(=O)C(C)N1CCC[C@@H](C(=O)OCC)C1. The average Bonchev–Trinajstić information content (AvgIpc) is 2.44. The molecule has 1 rings (SSSR count). The number of nitrogens with zero attached hydrogens (tertiary/aromatic N) is 1. The van der Waals surface area contributed by atoms with Gasteiger partial charge in [0.05, 0.1) is 18.6 Å². The Morgan fingerprint density at radius 2 is 2.16 bits per heavy atom. The molecule has 110 valence electrons. The number of esters is 1. The number of hydrogen-bond donors (Lipinski definition) is 1. The lowest BCUT2D eigenvalue weighted by Crippen LogP contribution is -2.50.